The molecule has 1 aromatic rings. The quantitative estimate of drug-likeness (QED) is 0.312. The van der Waals surface area contributed by atoms with E-state index in [0.717, 1.165) is 62.1 Å². The topological polar surface area (TPSA) is 68.9 Å². The van der Waals surface area contributed by atoms with Crippen molar-refractivity contribution in [3.63, 3.8) is 0 Å². The van der Waals surface area contributed by atoms with Crippen LogP contribution in [0.1, 0.15) is 62.8 Å². The predicted molar refractivity (Wildman–Crippen MR) is 136 cm³/mol. The highest BCUT2D eigenvalue weighted by Gasteiger charge is 2.32. The molecule has 176 valence electrons. The molecule has 0 aromatic carbocycles. The number of guanidine groups is 1. The Kier molecular flexibility index (Phi) is 9.46. The zero-order chi connectivity index (χ0) is 20.9. The summed E-state index contributed by atoms with van der Waals surface area (Å²) < 4.78 is 5.75. The van der Waals surface area contributed by atoms with Crippen molar-refractivity contribution in [1.29, 1.82) is 0 Å². The third-order valence-corrected chi connectivity index (χ3v) is 6.92. The molecule has 0 spiro atoms. The van der Waals surface area contributed by atoms with Crippen LogP contribution in [-0.4, -0.2) is 72.1 Å². The summed E-state index contributed by atoms with van der Waals surface area (Å²) in [4.78, 5) is 14.6. The molecule has 1 aromatic heterocycles. The molecule has 8 heteroatoms. The smallest absolute Gasteiger partial charge is 0.208 e. The first kappa shape index (κ1) is 24.8. The van der Waals surface area contributed by atoms with Crippen LogP contribution >= 0.6 is 24.0 Å². The van der Waals surface area contributed by atoms with E-state index in [1.807, 2.05) is 13.8 Å². The van der Waals surface area contributed by atoms with E-state index >= 15 is 0 Å². The number of aryl methyl sites for hydroxylation is 2. The number of nitrogens with one attached hydrogen (secondary N) is 2. The largest absolute Gasteiger partial charge is 0.444 e. The lowest BCUT2D eigenvalue weighted by Crippen LogP contribution is -2.49. The second-order valence-electron chi connectivity index (χ2n) is 9.37. The van der Waals surface area contributed by atoms with Crippen LogP contribution < -0.4 is 10.6 Å². The van der Waals surface area contributed by atoms with Gasteiger partial charge in [-0.3, -0.25) is 9.89 Å². The molecule has 1 aliphatic carbocycles. The van der Waals surface area contributed by atoms with Crippen molar-refractivity contribution in [2.24, 2.45) is 10.9 Å². The molecule has 2 aliphatic heterocycles. The summed E-state index contributed by atoms with van der Waals surface area (Å²) in [6.45, 7) is 13.5. The van der Waals surface area contributed by atoms with Gasteiger partial charge in [-0.25, -0.2) is 4.98 Å². The number of nitrogens with zero attached hydrogens (tertiary/aromatic N) is 4. The highest BCUT2D eigenvalue weighted by atomic mass is 127. The second-order valence-corrected chi connectivity index (χ2v) is 9.37. The SMILES string of the molecule is CCNC(=NCC1CCN(Cc2nc(C)c(C)o2)CC1)NC1CCN(C2CC2)CC1.I. The Balaban J connectivity index is 0.00000272. The van der Waals surface area contributed by atoms with Gasteiger partial charge in [-0.05, 0) is 78.3 Å². The van der Waals surface area contributed by atoms with Crippen LogP contribution in [0.15, 0.2) is 9.41 Å². The number of likely N-dealkylation sites (tertiary alicyclic amines) is 2. The molecule has 0 atom stereocenters. The molecule has 3 heterocycles. The van der Waals surface area contributed by atoms with E-state index in [2.05, 4.69) is 32.3 Å². The Morgan fingerprint density at radius 1 is 1.06 bits per heavy atom. The van der Waals surface area contributed by atoms with Gasteiger partial charge in [0.1, 0.15) is 5.76 Å². The average molecular weight is 545 g/mol. The van der Waals surface area contributed by atoms with Crippen LogP contribution in [-0.2, 0) is 6.54 Å². The molecule has 2 N–H and O–H groups in total. The maximum Gasteiger partial charge on any atom is 0.208 e. The molecule has 0 amide bonds. The fourth-order valence-corrected chi connectivity index (χ4v) is 4.71. The van der Waals surface area contributed by atoms with Crippen LogP contribution in [0, 0.1) is 19.8 Å². The zero-order valence-corrected chi connectivity index (χ0v) is 21.9. The van der Waals surface area contributed by atoms with Gasteiger partial charge in [0.25, 0.3) is 0 Å². The Morgan fingerprint density at radius 2 is 1.77 bits per heavy atom. The minimum atomic E-state index is 0. The first-order valence-electron chi connectivity index (χ1n) is 12.0. The highest BCUT2D eigenvalue weighted by Crippen LogP contribution is 2.29. The standard InChI is InChI=1S/C23H40N6O.HI/c1-4-24-23(27-20-9-13-29(14-10-20)21-5-6-21)25-15-19-7-11-28(12-8-19)16-22-26-17(2)18(3)30-22;/h19-21H,4-16H2,1-3H3,(H2,24,25,27);1H. The van der Waals surface area contributed by atoms with Gasteiger partial charge in [0.05, 0.1) is 12.2 Å². The number of aliphatic imine (C=N–C) groups is 1. The van der Waals surface area contributed by atoms with Crippen LogP contribution in [0.25, 0.3) is 0 Å². The molecule has 3 aliphatic rings. The van der Waals surface area contributed by atoms with Crippen molar-refractivity contribution >= 4 is 29.9 Å². The van der Waals surface area contributed by atoms with Crippen molar-refractivity contribution in [1.82, 2.24) is 25.4 Å². The van der Waals surface area contributed by atoms with Gasteiger partial charge in [-0.1, -0.05) is 0 Å². The minimum absolute atomic E-state index is 0. The molecule has 4 rings (SSSR count). The van der Waals surface area contributed by atoms with E-state index in [1.54, 1.807) is 0 Å². The zero-order valence-electron chi connectivity index (χ0n) is 19.5. The molecule has 31 heavy (non-hydrogen) atoms. The minimum Gasteiger partial charge on any atom is -0.444 e. The molecule has 2 saturated heterocycles. The molecular formula is C23H41IN6O. The van der Waals surface area contributed by atoms with Crippen molar-refractivity contribution < 1.29 is 4.42 Å². The van der Waals surface area contributed by atoms with Crippen molar-refractivity contribution in [3.05, 3.63) is 17.3 Å². The van der Waals surface area contributed by atoms with Crippen molar-refractivity contribution in [3.8, 4) is 0 Å². The summed E-state index contributed by atoms with van der Waals surface area (Å²) in [6, 6.07) is 1.46. The lowest BCUT2D eigenvalue weighted by molar-refractivity contribution is 0.166. The monoisotopic (exact) mass is 544 g/mol. The Hall–Kier alpha value is -0.870. The average Bonchev–Trinajstić information content (AvgIpc) is 3.54. The van der Waals surface area contributed by atoms with Gasteiger partial charge in [-0.15, -0.1) is 24.0 Å². The molecule has 0 unspecified atom stereocenters. The number of halogens is 1. The Morgan fingerprint density at radius 3 is 2.35 bits per heavy atom. The molecule has 1 saturated carbocycles. The maximum atomic E-state index is 5.75. The lowest BCUT2D eigenvalue weighted by Gasteiger charge is -2.33. The van der Waals surface area contributed by atoms with E-state index in [1.165, 1.54) is 51.6 Å². The third kappa shape index (κ3) is 7.32. The fraction of sp³-hybridized carbons (Fsp3) is 0.826. The van der Waals surface area contributed by atoms with E-state index in [9.17, 15) is 0 Å². The van der Waals surface area contributed by atoms with Crippen molar-refractivity contribution in [2.45, 2.75) is 77.9 Å². The Bertz CT molecular complexity index is 683. The number of piperidine rings is 2. The van der Waals surface area contributed by atoms with Crippen LogP contribution in [0.2, 0.25) is 0 Å². The number of rotatable bonds is 7. The highest BCUT2D eigenvalue weighted by molar-refractivity contribution is 14.0. The number of hydrogen-bond acceptors (Lipinski definition) is 5. The van der Waals surface area contributed by atoms with E-state index < -0.39 is 0 Å². The summed E-state index contributed by atoms with van der Waals surface area (Å²) >= 11 is 0. The molecule has 0 bridgehead atoms. The summed E-state index contributed by atoms with van der Waals surface area (Å²) in [6.07, 6.45) is 7.69. The van der Waals surface area contributed by atoms with Gasteiger partial charge in [0, 0.05) is 38.3 Å². The van der Waals surface area contributed by atoms with Crippen LogP contribution in [0.3, 0.4) is 0 Å². The van der Waals surface area contributed by atoms with Crippen molar-refractivity contribution in [2.75, 3.05) is 39.3 Å². The van der Waals surface area contributed by atoms with Gasteiger partial charge in [-0.2, -0.15) is 0 Å². The lowest BCUT2D eigenvalue weighted by atomic mass is 9.97. The number of aromatic nitrogens is 1. The second kappa shape index (κ2) is 11.8. The van der Waals surface area contributed by atoms with Gasteiger partial charge >= 0.3 is 0 Å². The van der Waals surface area contributed by atoms with E-state index in [4.69, 9.17) is 9.41 Å². The van der Waals surface area contributed by atoms with Gasteiger partial charge in [0.15, 0.2) is 5.96 Å². The fourth-order valence-electron chi connectivity index (χ4n) is 4.71. The molecule has 3 fully saturated rings. The van der Waals surface area contributed by atoms with Crippen LogP contribution in [0.4, 0.5) is 0 Å². The number of oxazole rings is 1. The predicted octanol–water partition coefficient (Wildman–Crippen LogP) is 3.30. The van der Waals surface area contributed by atoms with Crippen LogP contribution in [0.5, 0.6) is 0 Å². The van der Waals surface area contributed by atoms with E-state index in [-0.39, 0.29) is 24.0 Å². The van der Waals surface area contributed by atoms with E-state index in [0.29, 0.717) is 12.0 Å². The number of hydrogen-bond donors (Lipinski definition) is 2. The molecular weight excluding hydrogens is 503 g/mol. The summed E-state index contributed by atoms with van der Waals surface area (Å²) in [7, 11) is 0. The summed E-state index contributed by atoms with van der Waals surface area (Å²) in [5.74, 6) is 3.47. The summed E-state index contributed by atoms with van der Waals surface area (Å²) in [5, 5.41) is 7.17. The summed E-state index contributed by atoms with van der Waals surface area (Å²) in [5.41, 5.74) is 1.01. The van der Waals surface area contributed by atoms with Gasteiger partial charge in [0.2, 0.25) is 5.89 Å². The maximum absolute atomic E-state index is 5.75. The third-order valence-electron chi connectivity index (χ3n) is 6.92. The van der Waals surface area contributed by atoms with Gasteiger partial charge < -0.3 is 20.0 Å². The first-order valence-corrected chi connectivity index (χ1v) is 12.0. The normalized spacial score (nSPS) is 22.4. The first-order chi connectivity index (χ1) is 14.6. The molecule has 7 nitrogen and oxygen atoms in total. The Labute approximate surface area is 204 Å². The molecule has 0 radical (unpaired) electrons.